The molecule has 24 heavy (non-hydrogen) atoms. The molecule has 0 aliphatic heterocycles. The van der Waals surface area contributed by atoms with Crippen molar-refractivity contribution in [2.45, 2.75) is 45.3 Å². The number of furan rings is 1. The first-order valence-electron chi connectivity index (χ1n) is 8.68. The maximum Gasteiger partial charge on any atom is 0.250 e. The van der Waals surface area contributed by atoms with Crippen LogP contribution < -0.4 is 10.9 Å². The van der Waals surface area contributed by atoms with E-state index in [4.69, 9.17) is 4.42 Å². The number of pyridine rings is 1. The molecule has 1 aliphatic carbocycles. The second kappa shape index (κ2) is 7.36. The van der Waals surface area contributed by atoms with Crippen molar-refractivity contribution in [3.05, 3.63) is 57.4 Å². The lowest BCUT2D eigenvalue weighted by Crippen LogP contribution is -2.37. The van der Waals surface area contributed by atoms with Crippen LogP contribution in [0.1, 0.15) is 29.2 Å². The van der Waals surface area contributed by atoms with Gasteiger partial charge in [0, 0.05) is 30.9 Å². The van der Waals surface area contributed by atoms with Gasteiger partial charge < -0.3 is 19.2 Å². The number of rotatable bonds is 6. The van der Waals surface area contributed by atoms with Crippen LogP contribution >= 0.6 is 0 Å². The summed E-state index contributed by atoms with van der Waals surface area (Å²) in [5.74, 6) is 1.93. The molecule has 0 bridgehead atoms. The smallest absolute Gasteiger partial charge is 0.250 e. The Balaban J connectivity index is 1.67. The molecule has 0 unspecified atom stereocenters. The summed E-state index contributed by atoms with van der Waals surface area (Å²) in [7, 11) is 4.08. The molecule has 130 valence electrons. The van der Waals surface area contributed by atoms with Crippen molar-refractivity contribution in [1.29, 1.82) is 0 Å². The summed E-state index contributed by atoms with van der Waals surface area (Å²) in [4.78, 5) is 14.3. The van der Waals surface area contributed by atoms with Crippen LogP contribution in [0.15, 0.2) is 33.5 Å². The molecule has 2 heterocycles. The fourth-order valence-corrected chi connectivity index (χ4v) is 3.37. The van der Waals surface area contributed by atoms with Crippen LogP contribution in [0, 0.1) is 6.92 Å². The summed E-state index contributed by atoms with van der Waals surface area (Å²) in [6.45, 7) is 4.37. The first-order valence-corrected chi connectivity index (χ1v) is 8.68. The largest absolute Gasteiger partial charge is 0.465 e. The van der Waals surface area contributed by atoms with E-state index < -0.39 is 0 Å². The second-order valence-corrected chi connectivity index (χ2v) is 6.93. The lowest BCUT2D eigenvalue weighted by atomic mass is 9.91. The monoisotopic (exact) mass is 329 g/mol. The average Bonchev–Trinajstić information content (AvgIpc) is 2.97. The molecule has 0 saturated heterocycles. The van der Waals surface area contributed by atoms with Crippen molar-refractivity contribution < 1.29 is 4.42 Å². The third kappa shape index (κ3) is 3.97. The molecule has 1 aliphatic rings. The Hall–Kier alpha value is -1.85. The molecule has 3 rings (SSSR count). The normalized spacial score (nSPS) is 17.2. The lowest BCUT2D eigenvalue weighted by Gasteiger charge is -2.28. The Morgan fingerprint density at radius 1 is 1.29 bits per heavy atom. The zero-order chi connectivity index (χ0) is 17.1. The molecular formula is C19H27N3O2. The van der Waals surface area contributed by atoms with Crippen molar-refractivity contribution in [2.75, 3.05) is 20.6 Å². The van der Waals surface area contributed by atoms with Gasteiger partial charge in [-0.15, -0.1) is 0 Å². The van der Waals surface area contributed by atoms with Gasteiger partial charge in [0.15, 0.2) is 0 Å². The number of hydrogen-bond donors (Lipinski definition) is 1. The molecule has 0 fully saturated rings. The number of aryl methyl sites for hydroxylation is 1. The van der Waals surface area contributed by atoms with Crippen LogP contribution in [0.25, 0.3) is 0 Å². The lowest BCUT2D eigenvalue weighted by molar-refractivity contribution is 0.367. The number of fused-ring (bicyclic) bond motifs is 1. The predicted molar refractivity (Wildman–Crippen MR) is 95.4 cm³/mol. The van der Waals surface area contributed by atoms with Gasteiger partial charge in [0.05, 0.1) is 6.54 Å². The van der Waals surface area contributed by atoms with Gasteiger partial charge in [-0.3, -0.25) is 4.79 Å². The van der Waals surface area contributed by atoms with Gasteiger partial charge in [-0.25, -0.2) is 0 Å². The summed E-state index contributed by atoms with van der Waals surface area (Å²) < 4.78 is 7.58. The topological polar surface area (TPSA) is 50.4 Å². The molecular weight excluding hydrogens is 302 g/mol. The molecule has 0 amide bonds. The van der Waals surface area contributed by atoms with Gasteiger partial charge in [0.25, 0.3) is 5.56 Å². The van der Waals surface area contributed by atoms with Crippen molar-refractivity contribution in [1.82, 2.24) is 14.8 Å². The molecule has 0 aromatic carbocycles. The minimum atomic E-state index is 0.119. The van der Waals surface area contributed by atoms with Gasteiger partial charge in [-0.05, 0) is 58.0 Å². The van der Waals surface area contributed by atoms with E-state index in [-0.39, 0.29) is 5.56 Å². The second-order valence-electron chi connectivity index (χ2n) is 6.93. The molecule has 2 aromatic heterocycles. The molecule has 0 spiro atoms. The van der Waals surface area contributed by atoms with Crippen LogP contribution in [0.3, 0.4) is 0 Å². The number of likely N-dealkylation sites (N-methyl/N-ethyl adjacent to an activating group) is 1. The fraction of sp³-hybridized carbons (Fsp3) is 0.526. The summed E-state index contributed by atoms with van der Waals surface area (Å²) in [6.07, 6.45) is 2.98. The standard InChI is InChI=1S/C19H27N3O2/c1-14-4-7-17(24-14)13-20-16-6-8-18-15(12-16)5-9-19(23)22(18)11-10-21(2)3/h4-5,7,9,16,20H,6,8,10-13H2,1-3H3/t16-/m1/s1. The van der Waals surface area contributed by atoms with Crippen LogP contribution in [0.5, 0.6) is 0 Å². The third-order valence-corrected chi connectivity index (χ3v) is 4.72. The van der Waals surface area contributed by atoms with E-state index in [1.807, 2.05) is 43.8 Å². The van der Waals surface area contributed by atoms with Crippen molar-refractivity contribution in [2.24, 2.45) is 0 Å². The molecule has 1 N–H and O–H groups in total. The number of hydrogen-bond acceptors (Lipinski definition) is 4. The van der Waals surface area contributed by atoms with E-state index in [1.165, 1.54) is 11.3 Å². The van der Waals surface area contributed by atoms with Gasteiger partial charge in [-0.2, -0.15) is 0 Å². The minimum absolute atomic E-state index is 0.119. The van der Waals surface area contributed by atoms with Crippen LogP contribution in [0.2, 0.25) is 0 Å². The number of nitrogens with one attached hydrogen (secondary N) is 1. The maximum absolute atomic E-state index is 12.2. The highest BCUT2D eigenvalue weighted by atomic mass is 16.3. The Morgan fingerprint density at radius 2 is 2.12 bits per heavy atom. The van der Waals surface area contributed by atoms with E-state index in [1.54, 1.807) is 6.07 Å². The Labute approximate surface area is 143 Å². The number of nitrogens with zero attached hydrogens (tertiary/aromatic N) is 2. The van der Waals surface area contributed by atoms with Crippen molar-refractivity contribution in [3.63, 3.8) is 0 Å². The summed E-state index contributed by atoms with van der Waals surface area (Å²) >= 11 is 0. The van der Waals surface area contributed by atoms with E-state index in [9.17, 15) is 4.79 Å². The van der Waals surface area contributed by atoms with Gasteiger partial charge in [-0.1, -0.05) is 6.07 Å². The molecule has 1 atom stereocenters. The molecule has 0 radical (unpaired) electrons. The van der Waals surface area contributed by atoms with Crippen LogP contribution in [-0.2, 0) is 25.9 Å². The van der Waals surface area contributed by atoms with Crippen LogP contribution in [-0.4, -0.2) is 36.1 Å². The molecule has 0 saturated carbocycles. The van der Waals surface area contributed by atoms with Gasteiger partial charge in [0.2, 0.25) is 0 Å². The Kier molecular flexibility index (Phi) is 5.21. The van der Waals surface area contributed by atoms with E-state index in [0.717, 1.165) is 50.4 Å². The van der Waals surface area contributed by atoms with E-state index in [0.29, 0.717) is 6.04 Å². The Bertz CT molecular complexity index is 745. The highest BCUT2D eigenvalue weighted by molar-refractivity contribution is 5.25. The number of aromatic nitrogens is 1. The van der Waals surface area contributed by atoms with Crippen molar-refractivity contribution >= 4 is 0 Å². The molecule has 2 aromatic rings. The minimum Gasteiger partial charge on any atom is -0.465 e. The maximum atomic E-state index is 12.2. The zero-order valence-corrected chi connectivity index (χ0v) is 14.8. The SMILES string of the molecule is Cc1ccc(CN[C@@H]2CCc3c(ccc(=O)n3CCN(C)C)C2)o1. The van der Waals surface area contributed by atoms with E-state index >= 15 is 0 Å². The van der Waals surface area contributed by atoms with Gasteiger partial charge >= 0.3 is 0 Å². The van der Waals surface area contributed by atoms with E-state index in [2.05, 4.69) is 10.2 Å². The predicted octanol–water partition coefficient (Wildman–Crippen LogP) is 1.96. The van der Waals surface area contributed by atoms with Crippen LogP contribution in [0.4, 0.5) is 0 Å². The highest BCUT2D eigenvalue weighted by Crippen LogP contribution is 2.21. The quantitative estimate of drug-likeness (QED) is 0.880. The summed E-state index contributed by atoms with van der Waals surface area (Å²) in [5, 5.41) is 3.59. The Morgan fingerprint density at radius 3 is 2.83 bits per heavy atom. The first kappa shape index (κ1) is 17.0. The van der Waals surface area contributed by atoms with Crippen molar-refractivity contribution in [3.8, 4) is 0 Å². The first-order chi connectivity index (χ1) is 11.5. The fourth-order valence-electron chi connectivity index (χ4n) is 3.37. The summed E-state index contributed by atoms with van der Waals surface area (Å²) in [5.41, 5.74) is 2.64. The third-order valence-electron chi connectivity index (χ3n) is 4.72. The zero-order valence-electron chi connectivity index (χ0n) is 14.8. The summed E-state index contributed by atoms with van der Waals surface area (Å²) in [6, 6.07) is 8.18. The molecule has 5 nitrogen and oxygen atoms in total. The average molecular weight is 329 g/mol. The molecule has 5 heteroatoms. The highest BCUT2D eigenvalue weighted by Gasteiger charge is 2.21. The van der Waals surface area contributed by atoms with Gasteiger partial charge in [0.1, 0.15) is 11.5 Å².